The second-order valence-electron chi connectivity index (χ2n) is 4.20. The van der Waals surface area contributed by atoms with Crippen molar-refractivity contribution in [2.75, 3.05) is 13.2 Å². The summed E-state index contributed by atoms with van der Waals surface area (Å²) in [7, 11) is 0. The van der Waals surface area contributed by atoms with Gasteiger partial charge in [-0.05, 0) is 25.7 Å². The first-order valence-electron chi connectivity index (χ1n) is 4.47. The first kappa shape index (κ1) is 7.56. The lowest BCUT2D eigenvalue weighted by Crippen LogP contribution is -2.39. The van der Waals surface area contributed by atoms with E-state index >= 15 is 0 Å². The quantitative estimate of drug-likeness (QED) is 0.620. The Bertz CT molecular complexity index is 155. The molecule has 0 aromatic rings. The zero-order chi connectivity index (χ0) is 7.95. The van der Waals surface area contributed by atoms with Gasteiger partial charge in [-0.1, -0.05) is 6.92 Å². The molecular formula is C9H16O2. The Kier molecular flexibility index (Phi) is 1.52. The Balaban J connectivity index is 2.07. The molecule has 0 radical (unpaired) electrons. The van der Waals surface area contributed by atoms with Gasteiger partial charge in [0.05, 0.1) is 5.60 Å². The molecule has 11 heavy (non-hydrogen) atoms. The highest BCUT2D eigenvalue weighted by Crippen LogP contribution is 2.54. The van der Waals surface area contributed by atoms with Crippen LogP contribution in [0.2, 0.25) is 0 Å². The number of rotatable bonds is 1. The maximum absolute atomic E-state index is 9.96. The molecule has 64 valence electrons. The maximum Gasteiger partial charge on any atom is 0.0704 e. The Hall–Kier alpha value is -0.0800. The largest absolute Gasteiger partial charge is 0.389 e. The van der Waals surface area contributed by atoms with Gasteiger partial charge < -0.3 is 9.84 Å². The summed E-state index contributed by atoms with van der Waals surface area (Å²) in [4.78, 5) is 0. The summed E-state index contributed by atoms with van der Waals surface area (Å²) in [6.45, 7) is 3.86. The van der Waals surface area contributed by atoms with Gasteiger partial charge >= 0.3 is 0 Å². The van der Waals surface area contributed by atoms with Gasteiger partial charge in [-0.3, -0.25) is 0 Å². The van der Waals surface area contributed by atoms with Crippen molar-refractivity contribution in [3.05, 3.63) is 0 Å². The first-order chi connectivity index (χ1) is 5.16. The van der Waals surface area contributed by atoms with Gasteiger partial charge in [-0.2, -0.15) is 0 Å². The number of ether oxygens (including phenoxy) is 1. The van der Waals surface area contributed by atoms with E-state index in [2.05, 4.69) is 6.92 Å². The molecule has 1 aliphatic carbocycles. The number of hydrogen-bond acceptors (Lipinski definition) is 2. The molecule has 0 aromatic heterocycles. The molecule has 0 amide bonds. The molecule has 0 spiro atoms. The van der Waals surface area contributed by atoms with Gasteiger partial charge in [0.2, 0.25) is 0 Å². The van der Waals surface area contributed by atoms with Crippen LogP contribution in [0.3, 0.4) is 0 Å². The van der Waals surface area contributed by atoms with Crippen molar-refractivity contribution in [1.29, 1.82) is 0 Å². The van der Waals surface area contributed by atoms with Crippen LogP contribution in [0.5, 0.6) is 0 Å². The third-order valence-corrected chi connectivity index (χ3v) is 3.44. The predicted molar refractivity (Wildman–Crippen MR) is 42.3 cm³/mol. The third-order valence-electron chi connectivity index (χ3n) is 3.44. The fourth-order valence-electron chi connectivity index (χ4n) is 2.01. The molecule has 0 aromatic carbocycles. The van der Waals surface area contributed by atoms with Crippen molar-refractivity contribution in [2.24, 2.45) is 5.41 Å². The van der Waals surface area contributed by atoms with Crippen LogP contribution in [0.4, 0.5) is 0 Å². The Labute approximate surface area is 67.6 Å². The standard InChI is InChI=1S/C9H16O2/c1-8(9(10)2-3-9)4-6-11-7-5-8/h10H,2-7H2,1H3. The van der Waals surface area contributed by atoms with E-state index in [0.29, 0.717) is 0 Å². The minimum Gasteiger partial charge on any atom is -0.389 e. The van der Waals surface area contributed by atoms with Crippen molar-refractivity contribution in [1.82, 2.24) is 0 Å². The fourth-order valence-corrected chi connectivity index (χ4v) is 2.01. The molecule has 1 N–H and O–H groups in total. The van der Waals surface area contributed by atoms with Gasteiger partial charge in [0.25, 0.3) is 0 Å². The predicted octanol–water partition coefficient (Wildman–Crippen LogP) is 1.33. The third kappa shape index (κ3) is 1.09. The normalized spacial score (nSPS) is 33.3. The molecule has 0 bridgehead atoms. The summed E-state index contributed by atoms with van der Waals surface area (Å²) in [6, 6.07) is 0. The summed E-state index contributed by atoms with van der Waals surface area (Å²) in [5, 5.41) is 9.96. The number of aliphatic hydroxyl groups is 1. The molecule has 0 unspecified atom stereocenters. The van der Waals surface area contributed by atoms with Crippen molar-refractivity contribution >= 4 is 0 Å². The van der Waals surface area contributed by atoms with Crippen LogP contribution in [-0.2, 0) is 4.74 Å². The lowest BCUT2D eigenvalue weighted by molar-refractivity contribution is -0.0659. The van der Waals surface area contributed by atoms with Crippen LogP contribution in [0, 0.1) is 5.41 Å². The average molecular weight is 156 g/mol. The van der Waals surface area contributed by atoms with Crippen LogP contribution < -0.4 is 0 Å². The van der Waals surface area contributed by atoms with Gasteiger partial charge in [-0.15, -0.1) is 0 Å². The minimum absolute atomic E-state index is 0.158. The van der Waals surface area contributed by atoms with Gasteiger partial charge in [0, 0.05) is 18.6 Å². The first-order valence-corrected chi connectivity index (χ1v) is 4.47. The molecule has 1 saturated carbocycles. The Morgan fingerprint density at radius 3 is 2.09 bits per heavy atom. The van der Waals surface area contributed by atoms with E-state index in [1.165, 1.54) is 0 Å². The molecule has 2 aliphatic rings. The average Bonchev–Trinajstić information content (AvgIpc) is 2.71. The molecule has 1 heterocycles. The maximum atomic E-state index is 9.96. The van der Waals surface area contributed by atoms with Gasteiger partial charge in [0.15, 0.2) is 0 Å². The molecular weight excluding hydrogens is 140 g/mol. The van der Waals surface area contributed by atoms with Crippen LogP contribution >= 0.6 is 0 Å². The lowest BCUT2D eigenvalue weighted by Gasteiger charge is -2.38. The van der Waals surface area contributed by atoms with Crippen molar-refractivity contribution < 1.29 is 9.84 Å². The van der Waals surface area contributed by atoms with Crippen LogP contribution in [0.15, 0.2) is 0 Å². The van der Waals surface area contributed by atoms with Crippen molar-refractivity contribution in [3.63, 3.8) is 0 Å². The molecule has 2 nitrogen and oxygen atoms in total. The summed E-state index contributed by atoms with van der Waals surface area (Å²) >= 11 is 0. The van der Waals surface area contributed by atoms with Gasteiger partial charge in [-0.25, -0.2) is 0 Å². The van der Waals surface area contributed by atoms with Crippen molar-refractivity contribution in [2.45, 2.75) is 38.2 Å². The minimum atomic E-state index is -0.323. The van der Waals surface area contributed by atoms with E-state index in [9.17, 15) is 5.11 Å². The molecule has 2 heteroatoms. The molecule has 0 atom stereocenters. The van der Waals surface area contributed by atoms with E-state index in [1.807, 2.05) is 0 Å². The number of hydrogen-bond donors (Lipinski definition) is 1. The zero-order valence-electron chi connectivity index (χ0n) is 7.10. The highest BCUT2D eigenvalue weighted by atomic mass is 16.5. The fraction of sp³-hybridized carbons (Fsp3) is 1.00. The van der Waals surface area contributed by atoms with E-state index in [1.54, 1.807) is 0 Å². The summed E-state index contributed by atoms with van der Waals surface area (Å²) in [5.74, 6) is 0. The lowest BCUT2D eigenvalue weighted by atomic mass is 9.75. The molecule has 2 rings (SSSR count). The second-order valence-corrected chi connectivity index (χ2v) is 4.20. The molecule has 2 fully saturated rings. The molecule has 1 saturated heterocycles. The van der Waals surface area contributed by atoms with E-state index in [0.717, 1.165) is 38.9 Å². The second kappa shape index (κ2) is 2.20. The topological polar surface area (TPSA) is 29.5 Å². The van der Waals surface area contributed by atoms with E-state index < -0.39 is 0 Å². The molecule has 1 aliphatic heterocycles. The van der Waals surface area contributed by atoms with E-state index in [4.69, 9.17) is 4.74 Å². The highest BCUT2D eigenvalue weighted by molar-refractivity contribution is 5.06. The summed E-state index contributed by atoms with van der Waals surface area (Å²) in [5.41, 5.74) is -0.165. The van der Waals surface area contributed by atoms with Crippen LogP contribution in [0.25, 0.3) is 0 Å². The monoisotopic (exact) mass is 156 g/mol. The van der Waals surface area contributed by atoms with Crippen LogP contribution in [0.1, 0.15) is 32.6 Å². The van der Waals surface area contributed by atoms with Gasteiger partial charge in [0.1, 0.15) is 0 Å². The van der Waals surface area contributed by atoms with E-state index in [-0.39, 0.29) is 11.0 Å². The highest BCUT2D eigenvalue weighted by Gasteiger charge is 2.55. The van der Waals surface area contributed by atoms with Crippen LogP contribution in [-0.4, -0.2) is 23.9 Å². The summed E-state index contributed by atoms with van der Waals surface area (Å²) < 4.78 is 5.28. The Morgan fingerprint density at radius 2 is 1.64 bits per heavy atom. The smallest absolute Gasteiger partial charge is 0.0704 e. The Morgan fingerprint density at radius 1 is 1.09 bits per heavy atom. The SMILES string of the molecule is CC1(C2(O)CC2)CCOCC1. The zero-order valence-corrected chi connectivity index (χ0v) is 7.10. The summed E-state index contributed by atoms with van der Waals surface area (Å²) in [6.07, 6.45) is 4.07. The van der Waals surface area contributed by atoms with Crippen molar-refractivity contribution in [3.8, 4) is 0 Å².